The molecule has 1 rings (SSSR count). The highest BCUT2D eigenvalue weighted by Crippen LogP contribution is 2.25. The van der Waals surface area contributed by atoms with Crippen LogP contribution in [-0.2, 0) is 16.6 Å². The second-order valence-electron chi connectivity index (χ2n) is 4.50. The molecule has 0 heterocycles. The van der Waals surface area contributed by atoms with Gasteiger partial charge in [0.25, 0.3) is 0 Å². The lowest BCUT2D eigenvalue weighted by atomic mass is 10.2. The van der Waals surface area contributed by atoms with E-state index < -0.39 is 10.0 Å². The van der Waals surface area contributed by atoms with Crippen molar-refractivity contribution in [2.24, 2.45) is 5.73 Å². The maximum absolute atomic E-state index is 12.4. The molecule has 0 saturated carbocycles. The number of rotatable bonds is 7. The fourth-order valence-electron chi connectivity index (χ4n) is 1.74. The van der Waals surface area contributed by atoms with Crippen molar-refractivity contribution in [2.75, 3.05) is 13.6 Å². The van der Waals surface area contributed by atoms with Gasteiger partial charge in [-0.05, 0) is 24.1 Å². The number of nitrogens with zero attached hydrogens (tertiary/aromatic N) is 1. The second kappa shape index (κ2) is 7.24. The van der Waals surface area contributed by atoms with Gasteiger partial charge in [-0.25, -0.2) is 12.7 Å². The molecule has 4 nitrogen and oxygen atoms in total. The van der Waals surface area contributed by atoms with Gasteiger partial charge < -0.3 is 5.73 Å². The Balaban J connectivity index is 2.99. The normalized spacial score (nSPS) is 12.1. The van der Waals surface area contributed by atoms with E-state index in [1.165, 1.54) is 4.31 Å². The van der Waals surface area contributed by atoms with Gasteiger partial charge in [-0.1, -0.05) is 37.4 Å². The first-order valence-electron chi connectivity index (χ1n) is 6.38. The monoisotopic (exact) mass is 304 g/mol. The van der Waals surface area contributed by atoms with Crippen molar-refractivity contribution in [3.8, 4) is 0 Å². The zero-order valence-electron chi connectivity index (χ0n) is 11.4. The van der Waals surface area contributed by atoms with Crippen LogP contribution >= 0.6 is 11.6 Å². The van der Waals surface area contributed by atoms with E-state index in [1.807, 2.05) is 0 Å². The molecule has 0 aromatic heterocycles. The van der Waals surface area contributed by atoms with Gasteiger partial charge in [-0.15, -0.1) is 0 Å². The molecule has 1 aromatic rings. The zero-order chi connectivity index (χ0) is 14.5. The van der Waals surface area contributed by atoms with Crippen LogP contribution in [0.5, 0.6) is 0 Å². The number of halogens is 1. The van der Waals surface area contributed by atoms with Gasteiger partial charge in [-0.3, -0.25) is 0 Å². The molecule has 0 amide bonds. The average Bonchev–Trinajstić information content (AvgIpc) is 2.39. The average molecular weight is 305 g/mol. The Morgan fingerprint density at radius 2 is 2.00 bits per heavy atom. The first-order chi connectivity index (χ1) is 8.93. The summed E-state index contributed by atoms with van der Waals surface area (Å²) >= 11 is 6.00. The van der Waals surface area contributed by atoms with Crippen LogP contribution in [-0.4, -0.2) is 26.3 Å². The Morgan fingerprint density at radius 1 is 1.32 bits per heavy atom. The van der Waals surface area contributed by atoms with Crippen LogP contribution < -0.4 is 5.73 Å². The minimum absolute atomic E-state index is 0.135. The summed E-state index contributed by atoms with van der Waals surface area (Å²) in [6.07, 6.45) is 2.91. The molecule has 0 atom stereocenters. The van der Waals surface area contributed by atoms with Gasteiger partial charge in [0.05, 0.1) is 5.02 Å². The standard InChI is InChI=1S/C13H21ClN2O2S/c1-3-4-5-8-16(2)19(17,18)13-9-11(10-15)6-7-12(13)14/h6-7,9H,3-5,8,10,15H2,1-2H3. The van der Waals surface area contributed by atoms with Crippen LogP contribution in [0.1, 0.15) is 31.7 Å². The molecule has 0 fully saturated rings. The summed E-state index contributed by atoms with van der Waals surface area (Å²) in [6, 6.07) is 4.86. The predicted octanol–water partition coefficient (Wildman–Crippen LogP) is 2.61. The van der Waals surface area contributed by atoms with E-state index in [0.29, 0.717) is 13.1 Å². The minimum atomic E-state index is -3.54. The van der Waals surface area contributed by atoms with E-state index >= 15 is 0 Å². The summed E-state index contributed by atoms with van der Waals surface area (Å²) in [5.41, 5.74) is 6.29. The lowest BCUT2D eigenvalue weighted by Crippen LogP contribution is -2.28. The number of sulfonamides is 1. The maximum Gasteiger partial charge on any atom is 0.244 e. The molecule has 0 aliphatic carbocycles. The molecule has 1 aromatic carbocycles. The largest absolute Gasteiger partial charge is 0.326 e. The summed E-state index contributed by atoms with van der Waals surface area (Å²) in [6.45, 7) is 2.87. The summed E-state index contributed by atoms with van der Waals surface area (Å²) in [7, 11) is -1.96. The fraction of sp³-hybridized carbons (Fsp3) is 0.538. The first kappa shape index (κ1) is 16.4. The number of unbranched alkanes of at least 4 members (excludes halogenated alkanes) is 2. The topological polar surface area (TPSA) is 63.4 Å². The van der Waals surface area contributed by atoms with Gasteiger partial charge in [-0.2, -0.15) is 0 Å². The molecule has 2 N–H and O–H groups in total. The van der Waals surface area contributed by atoms with Crippen LogP contribution in [0.2, 0.25) is 5.02 Å². The van der Waals surface area contributed by atoms with E-state index in [1.54, 1.807) is 25.2 Å². The van der Waals surface area contributed by atoms with Crippen LogP contribution in [0.3, 0.4) is 0 Å². The van der Waals surface area contributed by atoms with Crippen LogP contribution in [0.4, 0.5) is 0 Å². The molecular weight excluding hydrogens is 284 g/mol. The first-order valence-corrected chi connectivity index (χ1v) is 8.20. The Bertz CT molecular complexity index is 517. The van der Waals surface area contributed by atoms with Crippen molar-refractivity contribution < 1.29 is 8.42 Å². The van der Waals surface area contributed by atoms with E-state index in [4.69, 9.17) is 17.3 Å². The molecule has 0 unspecified atom stereocenters. The summed E-state index contributed by atoms with van der Waals surface area (Å²) < 4.78 is 26.2. The summed E-state index contributed by atoms with van der Waals surface area (Å²) in [5, 5.41) is 0.236. The quantitative estimate of drug-likeness (QED) is 0.788. The Kier molecular flexibility index (Phi) is 6.26. The molecule has 0 spiro atoms. The van der Waals surface area contributed by atoms with Gasteiger partial charge in [0.2, 0.25) is 10.0 Å². The molecule has 19 heavy (non-hydrogen) atoms. The number of hydrogen-bond acceptors (Lipinski definition) is 3. The van der Waals surface area contributed by atoms with Crippen LogP contribution in [0.15, 0.2) is 23.1 Å². The molecule has 0 saturated heterocycles. The van der Waals surface area contributed by atoms with E-state index in [-0.39, 0.29) is 9.92 Å². The van der Waals surface area contributed by atoms with Crippen molar-refractivity contribution in [1.82, 2.24) is 4.31 Å². The Hall–Kier alpha value is -0.620. The lowest BCUT2D eigenvalue weighted by molar-refractivity contribution is 0.454. The smallest absolute Gasteiger partial charge is 0.244 e. The molecule has 0 radical (unpaired) electrons. The minimum Gasteiger partial charge on any atom is -0.326 e. The number of nitrogens with two attached hydrogens (primary N) is 1. The third-order valence-corrected chi connectivity index (χ3v) is 5.33. The van der Waals surface area contributed by atoms with Gasteiger partial charge in [0.1, 0.15) is 4.90 Å². The van der Waals surface area contributed by atoms with E-state index in [9.17, 15) is 8.42 Å². The Labute approximate surface area is 120 Å². The molecule has 108 valence electrons. The molecule has 0 bridgehead atoms. The fourth-order valence-corrected chi connectivity index (χ4v) is 3.48. The van der Waals surface area contributed by atoms with Gasteiger partial charge in [0.15, 0.2) is 0 Å². The highest BCUT2D eigenvalue weighted by atomic mass is 35.5. The predicted molar refractivity (Wildman–Crippen MR) is 78.7 cm³/mol. The third-order valence-electron chi connectivity index (χ3n) is 3.00. The molecule has 0 aliphatic heterocycles. The van der Waals surface area contributed by atoms with Crippen molar-refractivity contribution in [2.45, 2.75) is 37.6 Å². The zero-order valence-corrected chi connectivity index (χ0v) is 13.0. The Morgan fingerprint density at radius 3 is 2.58 bits per heavy atom. The van der Waals surface area contributed by atoms with Crippen molar-refractivity contribution >= 4 is 21.6 Å². The van der Waals surface area contributed by atoms with E-state index in [0.717, 1.165) is 24.8 Å². The van der Waals surface area contributed by atoms with Crippen LogP contribution in [0.25, 0.3) is 0 Å². The maximum atomic E-state index is 12.4. The van der Waals surface area contributed by atoms with Crippen molar-refractivity contribution in [1.29, 1.82) is 0 Å². The number of benzene rings is 1. The van der Waals surface area contributed by atoms with Gasteiger partial charge in [0, 0.05) is 20.1 Å². The van der Waals surface area contributed by atoms with Gasteiger partial charge >= 0.3 is 0 Å². The third kappa shape index (κ3) is 4.18. The SMILES string of the molecule is CCCCCN(C)S(=O)(=O)c1cc(CN)ccc1Cl. The van der Waals surface area contributed by atoms with Crippen LogP contribution in [0, 0.1) is 0 Å². The molecular formula is C13H21ClN2O2S. The molecule has 0 aliphatic rings. The van der Waals surface area contributed by atoms with E-state index in [2.05, 4.69) is 6.92 Å². The van der Waals surface area contributed by atoms with Crippen molar-refractivity contribution in [3.63, 3.8) is 0 Å². The second-order valence-corrected chi connectivity index (χ2v) is 6.92. The summed E-state index contributed by atoms with van der Waals surface area (Å²) in [5.74, 6) is 0. The highest BCUT2D eigenvalue weighted by molar-refractivity contribution is 7.89. The summed E-state index contributed by atoms with van der Waals surface area (Å²) in [4.78, 5) is 0.135. The molecule has 6 heteroatoms. The highest BCUT2D eigenvalue weighted by Gasteiger charge is 2.23. The number of hydrogen-bond donors (Lipinski definition) is 1. The van der Waals surface area contributed by atoms with Crippen molar-refractivity contribution in [3.05, 3.63) is 28.8 Å². The lowest BCUT2D eigenvalue weighted by Gasteiger charge is -2.18.